The van der Waals surface area contributed by atoms with Gasteiger partial charge in [-0.15, -0.1) is 0 Å². The molecule has 0 saturated carbocycles. The largest absolute Gasteiger partial charge is 0.0975 e. The van der Waals surface area contributed by atoms with Crippen LogP contribution in [0.25, 0.3) is 0 Å². The zero-order valence-corrected chi connectivity index (χ0v) is 20.4. The van der Waals surface area contributed by atoms with Crippen molar-refractivity contribution in [1.82, 2.24) is 0 Å². The molecule has 0 rings (SSSR count). The first-order valence-corrected chi connectivity index (χ1v) is 15.6. The molecule has 0 bridgehead atoms. The molecular weight excluding hydrogens is 351 g/mol. The highest BCUT2D eigenvalue weighted by Gasteiger charge is 2.15. The lowest BCUT2D eigenvalue weighted by atomic mass is 10.1. The number of unbranched alkanes of at least 4 members (excludes halogenated alkanes) is 15. The summed E-state index contributed by atoms with van der Waals surface area (Å²) in [6, 6.07) is -1.03. The smallest absolute Gasteiger partial charge is 0.0235 e. The van der Waals surface area contributed by atoms with Crippen molar-refractivity contribution in [3.63, 3.8) is 0 Å². The van der Waals surface area contributed by atoms with Crippen LogP contribution < -0.4 is 0 Å². The minimum Gasteiger partial charge on any atom is -0.0975 e. The van der Waals surface area contributed by atoms with E-state index in [4.69, 9.17) is 11.8 Å². The Morgan fingerprint density at radius 1 is 0.385 bits per heavy atom. The fourth-order valence-corrected chi connectivity index (χ4v) is 8.17. The van der Waals surface area contributed by atoms with E-state index >= 15 is 0 Å². The van der Waals surface area contributed by atoms with E-state index < -0.39 is 6.04 Å². The Kier molecular flexibility index (Phi) is 20.9. The monoisotopic (exact) mass is 402 g/mol. The van der Waals surface area contributed by atoms with Crippen molar-refractivity contribution < 1.29 is 0 Å². The average molecular weight is 403 g/mol. The number of hydrogen-bond acceptors (Lipinski definition) is 1. The van der Waals surface area contributed by atoms with E-state index in [1.54, 1.807) is 0 Å². The molecule has 158 valence electrons. The third-order valence-electron chi connectivity index (χ3n) is 5.76. The fraction of sp³-hybridized carbons (Fsp3) is 1.00. The first kappa shape index (κ1) is 26.6. The summed E-state index contributed by atoms with van der Waals surface area (Å²) in [6.07, 6.45) is 29.8. The Labute approximate surface area is 172 Å². The highest BCUT2D eigenvalue weighted by molar-refractivity contribution is 8.14. The SMILES string of the molecule is CCCCCCCCCCP(=S)(CCCC)CCCCCCCCCC. The fourth-order valence-electron chi connectivity index (χ4n) is 3.85. The lowest BCUT2D eigenvalue weighted by molar-refractivity contribution is 0.583. The Morgan fingerprint density at radius 3 is 1.00 bits per heavy atom. The van der Waals surface area contributed by atoms with Crippen LogP contribution in [0.1, 0.15) is 136 Å². The van der Waals surface area contributed by atoms with E-state index in [-0.39, 0.29) is 0 Å². The Bertz CT molecular complexity index is 289. The van der Waals surface area contributed by atoms with Gasteiger partial charge < -0.3 is 0 Å². The van der Waals surface area contributed by atoms with Crippen molar-refractivity contribution in [3.8, 4) is 0 Å². The minimum atomic E-state index is -1.03. The third kappa shape index (κ3) is 18.0. The van der Waals surface area contributed by atoms with Crippen LogP contribution >= 0.6 is 6.04 Å². The molecule has 0 heterocycles. The summed E-state index contributed by atoms with van der Waals surface area (Å²) in [5.41, 5.74) is 0. The molecular formula is C24H51PS. The van der Waals surface area contributed by atoms with Crippen molar-refractivity contribution in [3.05, 3.63) is 0 Å². The van der Waals surface area contributed by atoms with Crippen LogP contribution in [0.2, 0.25) is 0 Å². The molecule has 0 aromatic rings. The molecule has 0 amide bonds. The lowest BCUT2D eigenvalue weighted by Crippen LogP contribution is -2.01. The Balaban J connectivity index is 3.80. The molecule has 0 aliphatic heterocycles. The van der Waals surface area contributed by atoms with Gasteiger partial charge in [0.05, 0.1) is 0 Å². The number of hydrogen-bond donors (Lipinski definition) is 0. The summed E-state index contributed by atoms with van der Waals surface area (Å²) in [6.45, 7) is 6.93. The van der Waals surface area contributed by atoms with Crippen LogP contribution in [0.15, 0.2) is 0 Å². The minimum absolute atomic E-state index is 1.03. The van der Waals surface area contributed by atoms with Crippen molar-refractivity contribution >= 4 is 17.8 Å². The molecule has 0 spiro atoms. The van der Waals surface area contributed by atoms with Crippen LogP contribution in [0.5, 0.6) is 0 Å². The van der Waals surface area contributed by atoms with E-state index in [0.29, 0.717) is 0 Å². The van der Waals surface area contributed by atoms with Gasteiger partial charge in [0, 0.05) is 0 Å². The second-order valence-corrected chi connectivity index (χ2v) is 14.3. The molecule has 0 nitrogen and oxygen atoms in total. The van der Waals surface area contributed by atoms with Gasteiger partial charge >= 0.3 is 0 Å². The van der Waals surface area contributed by atoms with Gasteiger partial charge in [-0.25, -0.2) is 0 Å². The van der Waals surface area contributed by atoms with E-state index in [9.17, 15) is 0 Å². The zero-order chi connectivity index (χ0) is 19.3. The van der Waals surface area contributed by atoms with Crippen LogP contribution in [-0.2, 0) is 11.8 Å². The second kappa shape index (κ2) is 20.4. The molecule has 0 aromatic carbocycles. The molecule has 0 fully saturated rings. The molecule has 0 unspecified atom stereocenters. The van der Waals surface area contributed by atoms with E-state index in [1.165, 1.54) is 134 Å². The predicted molar refractivity (Wildman–Crippen MR) is 129 cm³/mol. The van der Waals surface area contributed by atoms with Gasteiger partial charge in [0.25, 0.3) is 0 Å². The molecule has 0 N–H and O–H groups in total. The lowest BCUT2D eigenvalue weighted by Gasteiger charge is -2.22. The molecule has 0 radical (unpaired) electrons. The summed E-state index contributed by atoms with van der Waals surface area (Å²) in [5, 5.41) is 0. The van der Waals surface area contributed by atoms with Gasteiger partial charge in [-0.1, -0.05) is 129 Å². The summed E-state index contributed by atoms with van der Waals surface area (Å²) in [4.78, 5) is 0. The topological polar surface area (TPSA) is 0 Å². The Morgan fingerprint density at radius 2 is 0.654 bits per heavy atom. The molecule has 0 aliphatic carbocycles. The quantitative estimate of drug-likeness (QED) is 0.136. The summed E-state index contributed by atoms with van der Waals surface area (Å²) in [5.74, 6) is 0. The maximum atomic E-state index is 6.25. The summed E-state index contributed by atoms with van der Waals surface area (Å²) < 4.78 is 0. The van der Waals surface area contributed by atoms with Gasteiger partial charge in [-0.2, -0.15) is 0 Å². The van der Waals surface area contributed by atoms with Gasteiger partial charge in [0.1, 0.15) is 0 Å². The first-order valence-electron chi connectivity index (χ1n) is 12.3. The van der Waals surface area contributed by atoms with Crippen LogP contribution in [-0.4, -0.2) is 18.5 Å². The second-order valence-electron chi connectivity index (χ2n) is 8.53. The van der Waals surface area contributed by atoms with Crippen molar-refractivity contribution in [2.45, 2.75) is 136 Å². The molecule has 2 heteroatoms. The average Bonchev–Trinajstić information content (AvgIpc) is 2.64. The maximum Gasteiger partial charge on any atom is -0.0235 e. The van der Waals surface area contributed by atoms with Crippen LogP contribution in [0.4, 0.5) is 0 Å². The molecule has 0 aliphatic rings. The third-order valence-corrected chi connectivity index (χ3v) is 10.8. The highest BCUT2D eigenvalue weighted by Crippen LogP contribution is 2.48. The molecule has 0 saturated heterocycles. The Hall–Kier alpha value is 0.650. The van der Waals surface area contributed by atoms with Crippen LogP contribution in [0.3, 0.4) is 0 Å². The number of rotatable bonds is 21. The normalized spacial score (nSPS) is 12.0. The van der Waals surface area contributed by atoms with Gasteiger partial charge in [0.2, 0.25) is 0 Å². The predicted octanol–water partition coefficient (Wildman–Crippen LogP) is 9.55. The van der Waals surface area contributed by atoms with E-state index in [2.05, 4.69) is 20.8 Å². The van der Waals surface area contributed by atoms with Gasteiger partial charge in [0.15, 0.2) is 0 Å². The zero-order valence-electron chi connectivity index (χ0n) is 18.7. The standard InChI is InChI=1S/C24H51PS/c1-4-7-10-12-14-16-18-20-23-25(26,22-9-6-3)24-21-19-17-15-13-11-8-5-2/h4-24H2,1-3H3. The molecule has 26 heavy (non-hydrogen) atoms. The molecule has 0 aromatic heterocycles. The highest BCUT2D eigenvalue weighted by atomic mass is 32.4. The van der Waals surface area contributed by atoms with Gasteiger partial charge in [-0.05, 0) is 43.8 Å². The van der Waals surface area contributed by atoms with E-state index in [0.717, 1.165) is 0 Å². The summed E-state index contributed by atoms with van der Waals surface area (Å²) in [7, 11) is 0. The van der Waals surface area contributed by atoms with E-state index in [1.807, 2.05) is 0 Å². The molecule has 0 atom stereocenters. The maximum absolute atomic E-state index is 6.25. The van der Waals surface area contributed by atoms with Crippen molar-refractivity contribution in [2.75, 3.05) is 18.5 Å². The van der Waals surface area contributed by atoms with Crippen molar-refractivity contribution in [2.24, 2.45) is 0 Å². The van der Waals surface area contributed by atoms with Gasteiger partial charge in [-0.3, -0.25) is 0 Å². The first-order chi connectivity index (χ1) is 12.7. The van der Waals surface area contributed by atoms with Crippen molar-refractivity contribution in [1.29, 1.82) is 0 Å². The van der Waals surface area contributed by atoms with Crippen LogP contribution in [0, 0.1) is 0 Å². The summed E-state index contributed by atoms with van der Waals surface area (Å²) >= 11 is 6.25.